The van der Waals surface area contributed by atoms with Gasteiger partial charge >= 0.3 is 0 Å². The van der Waals surface area contributed by atoms with Gasteiger partial charge in [-0.05, 0) is 18.2 Å². The van der Waals surface area contributed by atoms with E-state index >= 15 is 0 Å². The van der Waals surface area contributed by atoms with E-state index in [1.54, 1.807) is 38.4 Å². The molecule has 0 fully saturated rings. The van der Waals surface area contributed by atoms with Crippen molar-refractivity contribution in [3.8, 4) is 16.4 Å². The number of hydrogen-bond donors (Lipinski definition) is 1. The Bertz CT molecular complexity index is 944. The van der Waals surface area contributed by atoms with Crippen LogP contribution in [0.25, 0.3) is 10.6 Å². The number of hydrogen-bond acceptors (Lipinski definition) is 6. The lowest BCUT2D eigenvalue weighted by molar-refractivity contribution is 0.409. The summed E-state index contributed by atoms with van der Waals surface area (Å²) in [4.78, 5) is 4.74. The van der Waals surface area contributed by atoms with Crippen molar-refractivity contribution in [3.05, 3.63) is 54.0 Å². The first-order valence-electron chi connectivity index (χ1n) is 7.14. The van der Waals surface area contributed by atoms with Crippen molar-refractivity contribution in [2.75, 3.05) is 7.11 Å². The first kappa shape index (κ1) is 16.7. The molecule has 0 spiro atoms. The van der Waals surface area contributed by atoms with Crippen LogP contribution >= 0.6 is 11.3 Å². The molecule has 0 aliphatic rings. The molecule has 0 atom stereocenters. The summed E-state index contributed by atoms with van der Waals surface area (Å²) >= 11 is 1.14. The molecule has 3 aromatic rings. The number of oxazole rings is 1. The largest absolute Gasteiger partial charge is 0.496 e. The first-order chi connectivity index (χ1) is 11.5. The molecule has 0 saturated heterocycles. The number of rotatable bonds is 6. The maximum Gasteiger partial charge on any atom is 0.250 e. The van der Waals surface area contributed by atoms with E-state index in [4.69, 9.17) is 9.15 Å². The fourth-order valence-electron chi connectivity index (χ4n) is 2.17. The van der Waals surface area contributed by atoms with Crippen LogP contribution in [-0.2, 0) is 16.6 Å². The molecule has 0 saturated carbocycles. The fourth-order valence-corrected chi connectivity index (χ4v) is 4.47. The van der Waals surface area contributed by atoms with Gasteiger partial charge in [0.2, 0.25) is 10.0 Å². The Balaban J connectivity index is 1.77. The molecule has 0 aliphatic heterocycles. The van der Waals surface area contributed by atoms with E-state index in [1.807, 2.05) is 18.2 Å². The summed E-state index contributed by atoms with van der Waals surface area (Å²) in [5, 5.41) is 0. The zero-order valence-electron chi connectivity index (χ0n) is 13.1. The van der Waals surface area contributed by atoms with E-state index < -0.39 is 10.0 Å². The molecule has 2 heterocycles. The second kappa shape index (κ2) is 6.76. The highest BCUT2D eigenvalue weighted by Gasteiger charge is 2.19. The van der Waals surface area contributed by atoms with Crippen molar-refractivity contribution in [3.63, 3.8) is 0 Å². The molecule has 8 heteroatoms. The minimum atomic E-state index is -3.61. The van der Waals surface area contributed by atoms with Gasteiger partial charge in [0, 0.05) is 19.0 Å². The van der Waals surface area contributed by atoms with E-state index in [0.717, 1.165) is 16.9 Å². The van der Waals surface area contributed by atoms with Crippen molar-refractivity contribution in [1.29, 1.82) is 0 Å². The number of nitrogens with zero attached hydrogens (tertiary/aromatic N) is 1. The topological polar surface area (TPSA) is 81.4 Å². The van der Waals surface area contributed by atoms with Gasteiger partial charge in [-0.2, -0.15) is 0 Å². The predicted octanol–water partition coefficient (Wildman–Crippen LogP) is 3.20. The summed E-state index contributed by atoms with van der Waals surface area (Å²) in [6.07, 6.45) is 1.58. The molecular formula is C16H16N2O4S2. The first-order valence-corrected chi connectivity index (χ1v) is 9.44. The van der Waals surface area contributed by atoms with Gasteiger partial charge in [-0.1, -0.05) is 18.2 Å². The molecule has 0 bridgehead atoms. The fraction of sp³-hybridized carbons (Fsp3) is 0.188. The second-order valence-electron chi connectivity index (χ2n) is 5.00. The molecule has 0 amide bonds. The number of aryl methyl sites for hydroxylation is 1. The van der Waals surface area contributed by atoms with Gasteiger partial charge in [-0.3, -0.25) is 0 Å². The molecule has 6 nitrogen and oxygen atoms in total. The highest BCUT2D eigenvalue weighted by molar-refractivity contribution is 7.91. The number of ether oxygens (including phenoxy) is 1. The van der Waals surface area contributed by atoms with Crippen LogP contribution in [0.2, 0.25) is 0 Å². The van der Waals surface area contributed by atoms with Crippen molar-refractivity contribution in [2.24, 2.45) is 0 Å². The molecular weight excluding hydrogens is 348 g/mol. The minimum Gasteiger partial charge on any atom is -0.496 e. The van der Waals surface area contributed by atoms with Crippen LogP contribution in [0.4, 0.5) is 0 Å². The van der Waals surface area contributed by atoms with Gasteiger partial charge in [-0.25, -0.2) is 18.1 Å². The number of thiophene rings is 1. The van der Waals surface area contributed by atoms with E-state index in [0.29, 0.717) is 22.3 Å². The molecule has 126 valence electrons. The van der Waals surface area contributed by atoms with Gasteiger partial charge in [0.15, 0.2) is 11.7 Å². The van der Waals surface area contributed by atoms with Crippen LogP contribution in [0.1, 0.15) is 11.5 Å². The summed E-state index contributed by atoms with van der Waals surface area (Å²) in [5.74, 6) is 1.74. The van der Waals surface area contributed by atoms with Crippen molar-refractivity contribution in [1.82, 2.24) is 9.71 Å². The normalized spacial score (nSPS) is 11.6. The number of methoxy groups -OCH3 is 1. The average molecular weight is 364 g/mol. The lowest BCUT2D eigenvalue weighted by Crippen LogP contribution is -2.22. The zero-order chi connectivity index (χ0) is 17.2. The highest BCUT2D eigenvalue weighted by Crippen LogP contribution is 2.31. The number of nitrogens with one attached hydrogen (secondary N) is 1. The number of benzene rings is 1. The smallest absolute Gasteiger partial charge is 0.250 e. The molecule has 2 aromatic heterocycles. The summed E-state index contributed by atoms with van der Waals surface area (Å²) < 4.78 is 38.4. The molecule has 0 aliphatic carbocycles. The summed E-state index contributed by atoms with van der Waals surface area (Å²) in [6.45, 7) is 1.89. The number of sulfonamides is 1. The van der Waals surface area contributed by atoms with E-state index in [1.165, 1.54) is 0 Å². The molecule has 1 aromatic carbocycles. The van der Waals surface area contributed by atoms with Crippen LogP contribution < -0.4 is 9.46 Å². The quantitative estimate of drug-likeness (QED) is 0.726. The van der Waals surface area contributed by atoms with Gasteiger partial charge in [0.25, 0.3) is 0 Å². The Kier molecular flexibility index (Phi) is 4.70. The van der Waals surface area contributed by atoms with Crippen LogP contribution in [0.3, 0.4) is 0 Å². The SMILES string of the molecule is COc1ccccc1CNS(=O)(=O)c1ccc(-c2cnc(C)o2)s1. The van der Waals surface area contributed by atoms with Crippen molar-refractivity contribution < 1.29 is 17.6 Å². The van der Waals surface area contributed by atoms with Crippen LogP contribution in [0.15, 0.2) is 51.2 Å². The third kappa shape index (κ3) is 3.50. The summed E-state index contributed by atoms with van der Waals surface area (Å²) in [6, 6.07) is 10.5. The predicted molar refractivity (Wildman–Crippen MR) is 91.6 cm³/mol. The molecule has 0 radical (unpaired) electrons. The van der Waals surface area contributed by atoms with Gasteiger partial charge in [0.05, 0.1) is 18.2 Å². The Labute approximate surface area is 144 Å². The highest BCUT2D eigenvalue weighted by atomic mass is 32.2. The molecule has 1 N–H and O–H groups in total. The van der Waals surface area contributed by atoms with Crippen LogP contribution in [-0.4, -0.2) is 20.5 Å². The van der Waals surface area contributed by atoms with Crippen molar-refractivity contribution in [2.45, 2.75) is 17.7 Å². The van der Waals surface area contributed by atoms with E-state index in [2.05, 4.69) is 9.71 Å². The maximum atomic E-state index is 12.5. The molecule has 0 unspecified atom stereocenters. The molecule has 3 rings (SSSR count). The van der Waals surface area contributed by atoms with Crippen LogP contribution in [0.5, 0.6) is 5.75 Å². The monoisotopic (exact) mass is 364 g/mol. The molecule has 24 heavy (non-hydrogen) atoms. The van der Waals surface area contributed by atoms with Gasteiger partial charge in [-0.15, -0.1) is 11.3 Å². The third-order valence-corrected chi connectivity index (χ3v) is 6.35. The minimum absolute atomic E-state index is 0.154. The lowest BCUT2D eigenvalue weighted by atomic mass is 10.2. The Hall–Kier alpha value is -2.16. The Morgan fingerprint density at radius 3 is 2.75 bits per heavy atom. The number of aromatic nitrogens is 1. The van der Waals surface area contributed by atoms with Gasteiger partial charge < -0.3 is 9.15 Å². The Morgan fingerprint density at radius 1 is 1.25 bits per heavy atom. The zero-order valence-corrected chi connectivity index (χ0v) is 14.8. The second-order valence-corrected chi connectivity index (χ2v) is 8.08. The summed E-state index contributed by atoms with van der Waals surface area (Å²) in [5.41, 5.74) is 0.770. The standard InChI is InChI=1S/C16H16N2O4S2/c1-11-17-10-14(22-11)15-7-8-16(23-15)24(19,20)18-9-12-5-3-4-6-13(12)21-2/h3-8,10,18H,9H2,1-2H3. The maximum absolute atomic E-state index is 12.5. The van der Waals surface area contributed by atoms with Crippen molar-refractivity contribution >= 4 is 21.4 Å². The summed E-state index contributed by atoms with van der Waals surface area (Å²) in [7, 11) is -2.06. The van der Waals surface area contributed by atoms with E-state index in [9.17, 15) is 8.42 Å². The average Bonchev–Trinajstić information content (AvgIpc) is 3.22. The Morgan fingerprint density at radius 2 is 2.04 bits per heavy atom. The van der Waals surface area contributed by atoms with E-state index in [-0.39, 0.29) is 10.8 Å². The van der Waals surface area contributed by atoms with Gasteiger partial charge in [0.1, 0.15) is 9.96 Å². The third-order valence-electron chi connectivity index (χ3n) is 3.36. The van der Waals surface area contributed by atoms with Crippen LogP contribution in [0, 0.1) is 6.92 Å². The lowest BCUT2D eigenvalue weighted by Gasteiger charge is -2.09. The number of para-hydroxylation sites is 1.